The van der Waals surface area contributed by atoms with Crippen LogP contribution < -0.4 is 14.4 Å². The second-order valence-electron chi connectivity index (χ2n) is 7.45. The van der Waals surface area contributed by atoms with Crippen molar-refractivity contribution in [1.82, 2.24) is 0 Å². The summed E-state index contributed by atoms with van der Waals surface area (Å²) >= 11 is 0. The van der Waals surface area contributed by atoms with Gasteiger partial charge < -0.3 is 19.5 Å². The highest BCUT2D eigenvalue weighted by Crippen LogP contribution is 2.50. The molecule has 1 atom stereocenters. The highest BCUT2D eigenvalue weighted by molar-refractivity contribution is 6.17. The van der Waals surface area contributed by atoms with E-state index < -0.39 is 5.97 Å². The van der Waals surface area contributed by atoms with E-state index >= 15 is 0 Å². The maximum Gasteiger partial charge on any atom is 0.307 e. The molecule has 0 bridgehead atoms. The third kappa shape index (κ3) is 3.48. The number of benzene rings is 3. The summed E-state index contributed by atoms with van der Waals surface area (Å²) in [4.78, 5) is 26.4. The number of amides is 1. The minimum atomic E-state index is -0.889. The molecule has 6 heteroatoms. The molecule has 1 aliphatic heterocycles. The Balaban J connectivity index is 1.89. The van der Waals surface area contributed by atoms with Crippen LogP contribution in [-0.4, -0.2) is 30.2 Å². The van der Waals surface area contributed by atoms with Crippen LogP contribution in [0.5, 0.6) is 11.5 Å². The summed E-state index contributed by atoms with van der Waals surface area (Å²) in [6, 6.07) is 14.6. The number of anilines is 1. The number of carboxylic acids is 1. The predicted molar refractivity (Wildman–Crippen MR) is 119 cm³/mol. The van der Waals surface area contributed by atoms with Gasteiger partial charge in [-0.2, -0.15) is 0 Å². The fraction of sp³-hybridized carbons (Fsp3) is 0.280. The van der Waals surface area contributed by atoms with Crippen LogP contribution in [0.2, 0.25) is 0 Å². The highest BCUT2D eigenvalue weighted by Gasteiger charge is 2.41. The van der Waals surface area contributed by atoms with Gasteiger partial charge in [-0.3, -0.25) is 9.59 Å². The first-order chi connectivity index (χ1) is 15.0. The number of fused-ring (bicyclic) bond motifs is 2. The highest BCUT2D eigenvalue weighted by atomic mass is 16.5. The van der Waals surface area contributed by atoms with Crippen LogP contribution in [0.3, 0.4) is 0 Å². The van der Waals surface area contributed by atoms with Crippen LogP contribution in [0.15, 0.2) is 48.5 Å². The zero-order chi connectivity index (χ0) is 22.1. The van der Waals surface area contributed by atoms with Gasteiger partial charge in [0.25, 0.3) is 5.91 Å². The zero-order valence-electron chi connectivity index (χ0n) is 17.8. The van der Waals surface area contributed by atoms with Gasteiger partial charge in [-0.25, -0.2) is 0 Å². The number of ether oxygens (including phenoxy) is 2. The number of hydrogen-bond donors (Lipinski definition) is 1. The minimum absolute atomic E-state index is 0.0572. The average molecular weight is 419 g/mol. The SMILES string of the molecule is CCOc1c2c(c(OCC)c3ccccc13)C(C)N(c1ccc(CC(=O)O)cc1)C2=O. The minimum Gasteiger partial charge on any atom is -0.493 e. The molecule has 6 nitrogen and oxygen atoms in total. The Bertz CT molecular complexity index is 1150. The summed E-state index contributed by atoms with van der Waals surface area (Å²) in [5.41, 5.74) is 2.75. The topological polar surface area (TPSA) is 76.1 Å². The summed E-state index contributed by atoms with van der Waals surface area (Å²) in [6.45, 7) is 6.73. The third-order valence-electron chi connectivity index (χ3n) is 5.54. The fourth-order valence-electron chi connectivity index (χ4n) is 4.32. The van der Waals surface area contributed by atoms with Gasteiger partial charge in [-0.1, -0.05) is 36.4 Å². The smallest absolute Gasteiger partial charge is 0.307 e. The molecule has 1 amide bonds. The molecule has 1 unspecified atom stereocenters. The molecular weight excluding hydrogens is 394 g/mol. The zero-order valence-corrected chi connectivity index (χ0v) is 17.8. The van der Waals surface area contributed by atoms with Crippen molar-refractivity contribution in [1.29, 1.82) is 0 Å². The lowest BCUT2D eigenvalue weighted by atomic mass is 9.96. The maximum atomic E-state index is 13.7. The van der Waals surface area contributed by atoms with Crippen molar-refractivity contribution >= 4 is 28.3 Å². The molecular formula is C25H25NO5. The van der Waals surface area contributed by atoms with E-state index in [9.17, 15) is 9.59 Å². The van der Waals surface area contributed by atoms with E-state index in [0.29, 0.717) is 41.5 Å². The van der Waals surface area contributed by atoms with Crippen LogP contribution in [0.25, 0.3) is 10.8 Å². The number of carbonyl (C=O) groups is 2. The normalized spacial score (nSPS) is 15.3. The van der Waals surface area contributed by atoms with E-state index in [4.69, 9.17) is 14.6 Å². The summed E-state index contributed by atoms with van der Waals surface area (Å²) in [7, 11) is 0. The van der Waals surface area contributed by atoms with Crippen LogP contribution in [0.4, 0.5) is 5.69 Å². The largest absolute Gasteiger partial charge is 0.493 e. The second kappa shape index (κ2) is 8.30. The lowest BCUT2D eigenvalue weighted by Gasteiger charge is -2.23. The van der Waals surface area contributed by atoms with Gasteiger partial charge in [-0.05, 0) is 38.5 Å². The Labute approximate surface area is 181 Å². The third-order valence-corrected chi connectivity index (χ3v) is 5.54. The first-order valence-corrected chi connectivity index (χ1v) is 10.5. The Morgan fingerprint density at radius 2 is 1.55 bits per heavy atom. The van der Waals surface area contributed by atoms with Crippen LogP contribution in [0, 0.1) is 0 Å². The number of hydrogen-bond acceptors (Lipinski definition) is 4. The maximum absolute atomic E-state index is 13.7. The van der Waals surface area contributed by atoms with Gasteiger partial charge in [0.15, 0.2) is 0 Å². The van der Waals surface area contributed by atoms with Crippen LogP contribution in [-0.2, 0) is 11.2 Å². The predicted octanol–water partition coefficient (Wildman–Crippen LogP) is 4.99. The molecule has 1 N–H and O–H groups in total. The Kier molecular flexibility index (Phi) is 5.55. The molecule has 31 heavy (non-hydrogen) atoms. The number of carbonyl (C=O) groups excluding carboxylic acids is 1. The first kappa shape index (κ1) is 20.7. The Hall–Kier alpha value is -3.54. The monoisotopic (exact) mass is 419 g/mol. The van der Waals surface area contributed by atoms with E-state index in [0.717, 1.165) is 16.3 Å². The number of aliphatic carboxylic acids is 1. The van der Waals surface area contributed by atoms with E-state index in [1.54, 1.807) is 29.2 Å². The van der Waals surface area contributed by atoms with Gasteiger partial charge in [0, 0.05) is 22.0 Å². The molecule has 0 spiro atoms. The van der Waals surface area contributed by atoms with Gasteiger partial charge in [0.05, 0.1) is 31.2 Å². The van der Waals surface area contributed by atoms with Gasteiger partial charge >= 0.3 is 5.97 Å². The quantitative estimate of drug-likeness (QED) is 0.584. The average Bonchev–Trinajstić information content (AvgIpc) is 3.01. The molecule has 0 aliphatic carbocycles. The van der Waals surface area contributed by atoms with E-state index in [2.05, 4.69) is 0 Å². The number of nitrogens with zero attached hydrogens (tertiary/aromatic N) is 1. The molecule has 1 aliphatic rings. The van der Waals surface area contributed by atoms with E-state index in [1.165, 1.54) is 0 Å². The Morgan fingerprint density at radius 1 is 0.968 bits per heavy atom. The molecule has 3 aromatic rings. The summed E-state index contributed by atoms with van der Waals surface area (Å²) < 4.78 is 12.1. The molecule has 160 valence electrons. The van der Waals surface area contributed by atoms with E-state index in [1.807, 2.05) is 45.0 Å². The molecule has 0 saturated carbocycles. The van der Waals surface area contributed by atoms with E-state index in [-0.39, 0.29) is 18.4 Å². The molecule has 1 heterocycles. The second-order valence-corrected chi connectivity index (χ2v) is 7.45. The summed E-state index contributed by atoms with van der Waals surface area (Å²) in [5, 5.41) is 10.8. The standard InChI is InChI=1S/C25H25NO5/c1-4-30-23-18-8-6-7-9-19(18)24(31-5-2)22-21(23)15(3)26(25(22)29)17-12-10-16(11-13-17)14-20(27)28/h6-13,15H,4-5,14H2,1-3H3,(H,27,28). The summed E-state index contributed by atoms with van der Waals surface area (Å²) in [5.74, 6) is 0.254. The summed E-state index contributed by atoms with van der Waals surface area (Å²) in [6.07, 6.45) is -0.0572. The van der Waals surface area contributed by atoms with Gasteiger partial charge in [0.1, 0.15) is 11.5 Å². The number of rotatable bonds is 7. The molecule has 0 aromatic heterocycles. The van der Waals surface area contributed by atoms with Crippen molar-refractivity contribution in [3.05, 3.63) is 65.2 Å². The molecule has 0 fully saturated rings. The van der Waals surface area contributed by atoms with Crippen molar-refractivity contribution in [2.45, 2.75) is 33.2 Å². The van der Waals surface area contributed by atoms with Crippen LogP contribution >= 0.6 is 0 Å². The first-order valence-electron chi connectivity index (χ1n) is 10.5. The lowest BCUT2D eigenvalue weighted by molar-refractivity contribution is -0.136. The van der Waals surface area contributed by atoms with Crippen molar-refractivity contribution in [2.75, 3.05) is 18.1 Å². The van der Waals surface area contributed by atoms with Crippen molar-refractivity contribution < 1.29 is 24.2 Å². The van der Waals surface area contributed by atoms with Crippen LogP contribution in [0.1, 0.15) is 48.3 Å². The molecule has 3 aromatic carbocycles. The molecule has 0 saturated heterocycles. The van der Waals surface area contributed by atoms with Gasteiger partial charge in [0.2, 0.25) is 0 Å². The fourth-order valence-corrected chi connectivity index (χ4v) is 4.32. The van der Waals surface area contributed by atoms with Crippen molar-refractivity contribution in [2.24, 2.45) is 0 Å². The molecule has 0 radical (unpaired) electrons. The van der Waals surface area contributed by atoms with Crippen molar-refractivity contribution in [3.63, 3.8) is 0 Å². The van der Waals surface area contributed by atoms with Gasteiger partial charge in [-0.15, -0.1) is 0 Å². The molecule has 4 rings (SSSR count). The number of carboxylic acid groups (broad SMARTS) is 1. The Morgan fingerprint density at radius 3 is 2.13 bits per heavy atom. The van der Waals surface area contributed by atoms with Crippen molar-refractivity contribution in [3.8, 4) is 11.5 Å². The lowest BCUT2D eigenvalue weighted by Crippen LogP contribution is -2.26.